The summed E-state index contributed by atoms with van der Waals surface area (Å²) < 4.78 is 13.7. The molecule has 1 aliphatic heterocycles. The molecule has 1 saturated heterocycles. The number of pyridine rings is 1. The zero-order chi connectivity index (χ0) is 31.1. The third-order valence-electron chi connectivity index (χ3n) is 9.79. The van der Waals surface area contributed by atoms with Crippen molar-refractivity contribution in [3.63, 3.8) is 0 Å². The van der Waals surface area contributed by atoms with Crippen LogP contribution < -0.4 is 20.7 Å². The Kier molecular flexibility index (Phi) is 8.60. The van der Waals surface area contributed by atoms with Gasteiger partial charge in [0.2, 0.25) is 5.91 Å². The number of hydrogen-bond acceptors (Lipinski definition) is 6. The van der Waals surface area contributed by atoms with Crippen LogP contribution in [0.15, 0.2) is 48.8 Å². The molecule has 3 saturated carbocycles. The van der Waals surface area contributed by atoms with Crippen LogP contribution in [0.25, 0.3) is 0 Å². The lowest BCUT2D eigenvalue weighted by atomic mass is 9.43. The Morgan fingerprint density at radius 1 is 1.05 bits per heavy atom. The van der Waals surface area contributed by atoms with Crippen molar-refractivity contribution in [2.45, 2.75) is 84.5 Å². The van der Waals surface area contributed by atoms with E-state index in [4.69, 9.17) is 9.31 Å². The molecule has 3 amide bonds. The lowest BCUT2D eigenvalue weighted by molar-refractivity contribution is -0.605. The number of hydrogen-bond donors (Lipinski definition) is 3. The largest absolute Gasteiger partial charge is 0.619 e. The molecule has 0 spiro atoms. The molecule has 11 heteroatoms. The maximum atomic E-state index is 13.8. The number of carbonyl (C=O) groups excluding carboxylic acids is 3. The molecule has 2 bridgehead atoms. The van der Waals surface area contributed by atoms with Crippen molar-refractivity contribution >= 4 is 24.8 Å². The molecule has 43 heavy (non-hydrogen) atoms. The summed E-state index contributed by atoms with van der Waals surface area (Å²) in [6.45, 7) is 12.6. The topological polar surface area (TPSA) is 133 Å². The smallest absolute Gasteiger partial charge is 0.481 e. The van der Waals surface area contributed by atoms with Gasteiger partial charge in [0, 0.05) is 18.2 Å². The predicted octanol–water partition coefficient (Wildman–Crippen LogP) is 2.96. The van der Waals surface area contributed by atoms with E-state index in [1.807, 2.05) is 19.1 Å². The van der Waals surface area contributed by atoms with Crippen LogP contribution in [0.5, 0.6) is 0 Å². The van der Waals surface area contributed by atoms with E-state index in [0.29, 0.717) is 28.6 Å². The summed E-state index contributed by atoms with van der Waals surface area (Å²) in [5.74, 6) is -0.729. The molecule has 2 aromatic rings. The summed E-state index contributed by atoms with van der Waals surface area (Å²) in [6, 6.07) is 8.88. The lowest BCUT2D eigenvalue weighted by Gasteiger charge is -2.64. The first-order valence-electron chi connectivity index (χ1n) is 15.3. The Morgan fingerprint density at radius 2 is 1.77 bits per heavy atom. The molecular weight excluding hydrogens is 547 g/mol. The summed E-state index contributed by atoms with van der Waals surface area (Å²) in [5, 5.41) is 20.3. The van der Waals surface area contributed by atoms with Crippen LogP contribution in [0, 0.1) is 35.3 Å². The first kappa shape index (κ1) is 31.0. The number of benzene rings is 1. The second-order valence-corrected chi connectivity index (χ2v) is 13.6. The number of carbonyl (C=O) groups is 3. The summed E-state index contributed by atoms with van der Waals surface area (Å²) in [4.78, 5) is 39.8. The van der Waals surface area contributed by atoms with Crippen molar-refractivity contribution in [2.24, 2.45) is 23.2 Å². The SMILES string of the molecule is Cc1ccc(C(=O)NC[C@H](NC(=O)c2ccc[n+]([O-])c2)C(=O)N[C@@H](CC(C)C)B2O[C@@H]3C[C@@H]4C[C@@H](C4(C)C)[C@]3(C)O2)cc1. The van der Waals surface area contributed by atoms with Crippen molar-refractivity contribution in [2.75, 3.05) is 6.54 Å². The molecule has 10 nitrogen and oxygen atoms in total. The van der Waals surface area contributed by atoms with Gasteiger partial charge >= 0.3 is 7.12 Å². The zero-order valence-corrected chi connectivity index (χ0v) is 25.9. The minimum absolute atomic E-state index is 0.0398. The standard InChI is InChI=1S/C32H43BN4O6/c1-19(2)14-27(33-42-26-16-23-15-25(31(23,4)5)32(26,6)43-33)36-30(40)24(35-29(39)22-8-7-13-37(41)18-22)17-34-28(38)21-11-9-20(3)10-12-21/h7-13,18-19,23-27H,14-17H2,1-6H3,(H,34,38)(H,35,39)(H,36,40)/t23-,24-,25-,26+,27-,32-/m0/s1. The minimum Gasteiger partial charge on any atom is -0.619 e. The summed E-state index contributed by atoms with van der Waals surface area (Å²) >= 11 is 0. The Morgan fingerprint density at radius 3 is 2.42 bits per heavy atom. The van der Waals surface area contributed by atoms with Gasteiger partial charge in [0.1, 0.15) is 11.6 Å². The fraction of sp³-hybridized carbons (Fsp3) is 0.562. The first-order valence-corrected chi connectivity index (χ1v) is 15.3. The number of aromatic nitrogens is 1. The number of nitrogens with zero attached hydrogens (tertiary/aromatic N) is 1. The van der Waals surface area contributed by atoms with E-state index in [2.05, 4.69) is 50.6 Å². The van der Waals surface area contributed by atoms with E-state index < -0.39 is 36.5 Å². The van der Waals surface area contributed by atoms with Crippen LogP contribution in [-0.2, 0) is 14.1 Å². The molecular formula is C32H43BN4O6. The van der Waals surface area contributed by atoms with Gasteiger partial charge in [0.15, 0.2) is 12.4 Å². The summed E-state index contributed by atoms with van der Waals surface area (Å²) in [5.41, 5.74) is 1.31. The average Bonchev–Trinajstić information content (AvgIpc) is 3.32. The minimum atomic E-state index is -1.12. The second kappa shape index (κ2) is 11.9. The van der Waals surface area contributed by atoms with Crippen molar-refractivity contribution in [3.8, 4) is 0 Å². The third kappa shape index (κ3) is 6.29. The highest BCUT2D eigenvalue weighted by molar-refractivity contribution is 6.48. The Bertz CT molecular complexity index is 1370. The van der Waals surface area contributed by atoms with Gasteiger partial charge in [0.25, 0.3) is 11.8 Å². The van der Waals surface area contributed by atoms with E-state index in [-0.39, 0.29) is 35.5 Å². The van der Waals surface area contributed by atoms with E-state index in [1.54, 1.807) is 12.1 Å². The van der Waals surface area contributed by atoms with E-state index in [1.165, 1.54) is 18.3 Å². The van der Waals surface area contributed by atoms with Crippen LogP contribution in [0.3, 0.4) is 0 Å². The number of rotatable bonds is 10. The number of nitrogens with one attached hydrogen (secondary N) is 3. The van der Waals surface area contributed by atoms with Gasteiger partial charge in [0.05, 0.1) is 17.6 Å². The summed E-state index contributed by atoms with van der Waals surface area (Å²) in [7, 11) is -0.636. The van der Waals surface area contributed by atoms with Crippen LogP contribution in [-0.4, -0.2) is 55.1 Å². The fourth-order valence-corrected chi connectivity index (χ4v) is 7.14. The zero-order valence-electron chi connectivity index (χ0n) is 25.9. The summed E-state index contributed by atoms with van der Waals surface area (Å²) in [6.07, 6.45) is 5.01. The van der Waals surface area contributed by atoms with Gasteiger partial charge in [-0.05, 0) is 74.5 Å². The lowest BCUT2D eigenvalue weighted by Crippen LogP contribution is -2.65. The number of aryl methyl sites for hydroxylation is 1. The fourth-order valence-electron chi connectivity index (χ4n) is 7.14. The quantitative estimate of drug-likeness (QED) is 0.222. The molecule has 2 heterocycles. The van der Waals surface area contributed by atoms with Crippen molar-refractivity contribution in [1.82, 2.24) is 16.0 Å². The highest BCUT2D eigenvalue weighted by Crippen LogP contribution is 2.65. The van der Waals surface area contributed by atoms with Crippen LogP contribution >= 0.6 is 0 Å². The van der Waals surface area contributed by atoms with Gasteiger partial charge in [-0.25, -0.2) is 0 Å². The average molecular weight is 591 g/mol. The highest BCUT2D eigenvalue weighted by Gasteiger charge is 2.68. The molecule has 0 unspecified atom stereocenters. The molecule has 6 rings (SSSR count). The maximum absolute atomic E-state index is 13.8. The highest BCUT2D eigenvalue weighted by atomic mass is 16.7. The molecule has 4 aliphatic rings. The van der Waals surface area contributed by atoms with Crippen LogP contribution in [0.1, 0.15) is 80.2 Å². The monoisotopic (exact) mass is 590 g/mol. The van der Waals surface area contributed by atoms with Gasteiger partial charge in [-0.2, -0.15) is 4.73 Å². The van der Waals surface area contributed by atoms with Crippen molar-refractivity contribution < 1.29 is 28.4 Å². The molecule has 230 valence electrons. The molecule has 3 N–H and O–H groups in total. The van der Waals surface area contributed by atoms with Crippen molar-refractivity contribution in [3.05, 3.63) is 70.7 Å². The van der Waals surface area contributed by atoms with Gasteiger partial charge < -0.3 is 30.5 Å². The van der Waals surface area contributed by atoms with Gasteiger partial charge in [-0.1, -0.05) is 45.4 Å². The second-order valence-electron chi connectivity index (χ2n) is 13.6. The van der Waals surface area contributed by atoms with Gasteiger partial charge in [-0.3, -0.25) is 14.4 Å². The predicted molar refractivity (Wildman–Crippen MR) is 162 cm³/mol. The Balaban J connectivity index is 1.32. The molecule has 3 aliphatic carbocycles. The van der Waals surface area contributed by atoms with E-state index >= 15 is 0 Å². The van der Waals surface area contributed by atoms with Crippen LogP contribution in [0.4, 0.5) is 0 Å². The maximum Gasteiger partial charge on any atom is 0.481 e. The van der Waals surface area contributed by atoms with E-state index in [0.717, 1.165) is 24.6 Å². The first-order chi connectivity index (χ1) is 20.3. The molecule has 6 atom stereocenters. The number of amides is 3. The molecule has 0 radical (unpaired) electrons. The Labute approximate surface area is 254 Å². The van der Waals surface area contributed by atoms with E-state index in [9.17, 15) is 19.6 Å². The van der Waals surface area contributed by atoms with Crippen molar-refractivity contribution in [1.29, 1.82) is 0 Å². The Hall–Kier alpha value is -3.44. The van der Waals surface area contributed by atoms with Crippen LogP contribution in [0.2, 0.25) is 0 Å². The third-order valence-corrected chi connectivity index (χ3v) is 9.79. The normalized spacial score (nSPS) is 26.6. The molecule has 1 aromatic carbocycles. The van der Waals surface area contributed by atoms with Gasteiger partial charge in [-0.15, -0.1) is 0 Å². The molecule has 4 fully saturated rings. The molecule has 1 aromatic heterocycles.